The molecule has 4 unspecified atom stereocenters. The summed E-state index contributed by atoms with van der Waals surface area (Å²) in [6, 6.07) is 0. The number of fused-ring (bicyclic) bond motifs is 1. The average Bonchev–Trinajstić information content (AvgIpc) is 2.66. The van der Waals surface area contributed by atoms with Crippen LogP contribution in [0.1, 0.15) is 112 Å². The SMILES string of the molecule is CC(C)=CCC/C(C)=C/CC/C(C)=C/CCC1CCCC2C(C)C(=O)CCC12C. The van der Waals surface area contributed by atoms with Crippen LogP contribution >= 0.6 is 0 Å². The second kappa shape index (κ2) is 11.3. The van der Waals surface area contributed by atoms with Crippen molar-refractivity contribution in [3.63, 3.8) is 0 Å². The summed E-state index contributed by atoms with van der Waals surface area (Å²) < 4.78 is 0. The van der Waals surface area contributed by atoms with Crippen LogP contribution in [0.3, 0.4) is 0 Å². The van der Waals surface area contributed by atoms with Gasteiger partial charge in [-0.05, 0) is 103 Å². The van der Waals surface area contributed by atoms with Gasteiger partial charge in [0.05, 0.1) is 0 Å². The van der Waals surface area contributed by atoms with Crippen molar-refractivity contribution in [2.75, 3.05) is 0 Å². The highest BCUT2D eigenvalue weighted by Crippen LogP contribution is 2.55. The molecule has 0 N–H and O–H groups in total. The lowest BCUT2D eigenvalue weighted by Crippen LogP contribution is -2.47. The number of rotatable bonds is 9. The molecule has 2 rings (SSSR count). The van der Waals surface area contributed by atoms with Crippen molar-refractivity contribution in [2.45, 2.75) is 112 Å². The second-order valence-corrected chi connectivity index (χ2v) is 10.5. The van der Waals surface area contributed by atoms with Gasteiger partial charge in [0, 0.05) is 12.3 Å². The molecule has 2 fully saturated rings. The Balaban J connectivity index is 1.78. The van der Waals surface area contributed by atoms with E-state index < -0.39 is 0 Å². The summed E-state index contributed by atoms with van der Waals surface area (Å²) in [6.45, 7) is 13.6. The molecule has 164 valence electrons. The molecule has 1 nitrogen and oxygen atoms in total. The van der Waals surface area contributed by atoms with E-state index >= 15 is 0 Å². The van der Waals surface area contributed by atoms with Gasteiger partial charge < -0.3 is 0 Å². The molecule has 0 bridgehead atoms. The van der Waals surface area contributed by atoms with E-state index in [9.17, 15) is 4.79 Å². The molecule has 0 aromatic rings. The predicted octanol–water partition coefficient (Wildman–Crippen LogP) is 8.61. The predicted molar refractivity (Wildman–Crippen MR) is 127 cm³/mol. The molecule has 0 aromatic heterocycles. The minimum atomic E-state index is 0.292. The Morgan fingerprint density at radius 1 is 0.966 bits per heavy atom. The van der Waals surface area contributed by atoms with Gasteiger partial charge in [-0.2, -0.15) is 0 Å². The number of ketones is 1. The number of carbonyl (C=O) groups is 1. The average molecular weight is 399 g/mol. The zero-order valence-electron chi connectivity index (χ0n) is 20.2. The van der Waals surface area contributed by atoms with Crippen molar-refractivity contribution in [3.8, 4) is 0 Å². The van der Waals surface area contributed by atoms with Crippen LogP contribution in [-0.4, -0.2) is 5.78 Å². The zero-order valence-corrected chi connectivity index (χ0v) is 20.2. The molecule has 0 amide bonds. The molecule has 0 radical (unpaired) electrons. The summed E-state index contributed by atoms with van der Waals surface area (Å²) in [6.07, 6.45) is 20.4. The fourth-order valence-corrected chi connectivity index (χ4v) is 5.95. The Bertz CT molecular complexity index is 631. The minimum absolute atomic E-state index is 0.292. The van der Waals surface area contributed by atoms with Crippen LogP contribution in [0, 0.1) is 23.2 Å². The van der Waals surface area contributed by atoms with Gasteiger partial charge in [0.2, 0.25) is 0 Å². The summed E-state index contributed by atoms with van der Waals surface area (Å²) in [5.41, 5.74) is 4.89. The largest absolute Gasteiger partial charge is 0.299 e. The van der Waals surface area contributed by atoms with Crippen LogP contribution in [0.25, 0.3) is 0 Å². The fraction of sp³-hybridized carbons (Fsp3) is 0.750. The van der Waals surface area contributed by atoms with E-state index in [1.807, 2.05) is 0 Å². The van der Waals surface area contributed by atoms with Gasteiger partial charge in [-0.1, -0.05) is 55.2 Å². The van der Waals surface area contributed by atoms with E-state index in [2.05, 4.69) is 59.8 Å². The van der Waals surface area contributed by atoms with Gasteiger partial charge >= 0.3 is 0 Å². The van der Waals surface area contributed by atoms with Gasteiger partial charge in [-0.3, -0.25) is 4.79 Å². The van der Waals surface area contributed by atoms with E-state index in [-0.39, 0.29) is 0 Å². The van der Waals surface area contributed by atoms with Gasteiger partial charge in [-0.15, -0.1) is 0 Å². The van der Waals surface area contributed by atoms with Crippen LogP contribution in [0.5, 0.6) is 0 Å². The Kier molecular flexibility index (Phi) is 9.44. The van der Waals surface area contributed by atoms with Crippen molar-refractivity contribution in [1.29, 1.82) is 0 Å². The molecule has 0 saturated heterocycles. The van der Waals surface area contributed by atoms with E-state index in [1.165, 1.54) is 68.9 Å². The summed E-state index contributed by atoms with van der Waals surface area (Å²) in [5.74, 6) is 2.25. The first-order chi connectivity index (χ1) is 13.7. The minimum Gasteiger partial charge on any atom is -0.299 e. The number of hydrogen-bond donors (Lipinski definition) is 0. The molecule has 29 heavy (non-hydrogen) atoms. The molecule has 4 atom stereocenters. The van der Waals surface area contributed by atoms with E-state index in [4.69, 9.17) is 0 Å². The summed E-state index contributed by atoms with van der Waals surface area (Å²) >= 11 is 0. The summed E-state index contributed by atoms with van der Waals surface area (Å²) in [7, 11) is 0. The van der Waals surface area contributed by atoms with Crippen LogP contribution < -0.4 is 0 Å². The Morgan fingerprint density at radius 3 is 2.24 bits per heavy atom. The molecule has 0 aromatic carbocycles. The lowest BCUT2D eigenvalue weighted by atomic mass is 9.52. The second-order valence-electron chi connectivity index (χ2n) is 10.5. The molecule has 0 heterocycles. The van der Waals surface area contributed by atoms with E-state index in [0.717, 1.165) is 18.8 Å². The monoisotopic (exact) mass is 398 g/mol. The first-order valence-electron chi connectivity index (χ1n) is 12.2. The first-order valence-corrected chi connectivity index (χ1v) is 12.2. The van der Waals surface area contributed by atoms with Crippen LogP contribution in [-0.2, 0) is 4.79 Å². The van der Waals surface area contributed by atoms with Crippen molar-refractivity contribution >= 4 is 5.78 Å². The Morgan fingerprint density at radius 2 is 1.59 bits per heavy atom. The Hall–Kier alpha value is -1.11. The number of carbonyl (C=O) groups excluding carboxylic acids is 1. The van der Waals surface area contributed by atoms with Gasteiger partial charge in [0.1, 0.15) is 5.78 Å². The lowest BCUT2D eigenvalue weighted by molar-refractivity contribution is -0.135. The highest BCUT2D eigenvalue weighted by Gasteiger charge is 2.49. The third-order valence-corrected chi connectivity index (χ3v) is 8.00. The van der Waals surface area contributed by atoms with Crippen molar-refractivity contribution in [2.24, 2.45) is 23.2 Å². The molecular weight excluding hydrogens is 352 g/mol. The third-order valence-electron chi connectivity index (χ3n) is 8.00. The first kappa shape index (κ1) is 24.2. The lowest BCUT2D eigenvalue weighted by Gasteiger charge is -2.52. The molecule has 0 aliphatic heterocycles. The molecule has 2 aliphatic carbocycles. The van der Waals surface area contributed by atoms with Gasteiger partial charge in [0.15, 0.2) is 0 Å². The van der Waals surface area contributed by atoms with Crippen molar-refractivity contribution < 1.29 is 4.79 Å². The quantitative estimate of drug-likeness (QED) is 0.355. The van der Waals surface area contributed by atoms with Crippen molar-refractivity contribution in [1.82, 2.24) is 0 Å². The number of allylic oxidation sites excluding steroid dienone is 6. The molecule has 1 heteroatoms. The van der Waals surface area contributed by atoms with Gasteiger partial charge in [0.25, 0.3) is 0 Å². The van der Waals surface area contributed by atoms with Crippen molar-refractivity contribution in [3.05, 3.63) is 34.9 Å². The maximum atomic E-state index is 12.2. The highest BCUT2D eigenvalue weighted by atomic mass is 16.1. The molecule has 2 saturated carbocycles. The smallest absolute Gasteiger partial charge is 0.136 e. The number of Topliss-reactive ketones (excluding diaryl/α,β-unsaturated/α-hetero) is 1. The van der Waals surface area contributed by atoms with E-state index in [1.54, 1.807) is 5.57 Å². The fourth-order valence-electron chi connectivity index (χ4n) is 5.95. The maximum absolute atomic E-state index is 12.2. The third kappa shape index (κ3) is 6.97. The van der Waals surface area contributed by atoms with Crippen LogP contribution in [0.15, 0.2) is 34.9 Å². The standard InChI is InChI=1S/C28H46O/c1-21(2)11-7-12-22(3)13-8-14-23(4)15-9-16-25-17-10-18-26-24(5)27(29)19-20-28(25,26)6/h11,13,15,24-26H,7-10,12,14,16-20H2,1-6H3/b22-13+,23-15+. The maximum Gasteiger partial charge on any atom is 0.136 e. The van der Waals surface area contributed by atoms with Crippen LogP contribution in [0.4, 0.5) is 0 Å². The molecule has 2 aliphatic rings. The van der Waals surface area contributed by atoms with Gasteiger partial charge in [-0.25, -0.2) is 0 Å². The molecular formula is C28H46O. The van der Waals surface area contributed by atoms with Crippen LogP contribution in [0.2, 0.25) is 0 Å². The summed E-state index contributed by atoms with van der Waals surface area (Å²) in [5, 5.41) is 0. The topological polar surface area (TPSA) is 17.1 Å². The zero-order chi connectivity index (χ0) is 21.4. The summed E-state index contributed by atoms with van der Waals surface area (Å²) in [4.78, 5) is 12.2. The van der Waals surface area contributed by atoms with E-state index in [0.29, 0.717) is 23.0 Å². The Labute approximate surface area is 181 Å². The normalized spacial score (nSPS) is 30.8. The highest BCUT2D eigenvalue weighted by molar-refractivity contribution is 5.82. The number of hydrogen-bond acceptors (Lipinski definition) is 1. The molecule has 0 spiro atoms.